The molecule has 0 aliphatic carbocycles. The summed E-state index contributed by atoms with van der Waals surface area (Å²) >= 11 is 5.75. The number of pyridine rings is 1. The Hall–Kier alpha value is -1.68. The van der Waals surface area contributed by atoms with E-state index in [-0.39, 0.29) is 21.8 Å². The number of halogens is 3. The van der Waals surface area contributed by atoms with Gasteiger partial charge in [-0.2, -0.15) is 0 Å². The molecule has 1 aromatic carbocycles. The Kier molecular flexibility index (Phi) is 2.75. The molecule has 5 heteroatoms. The van der Waals surface area contributed by atoms with Crippen LogP contribution in [0.5, 0.6) is 0 Å². The van der Waals surface area contributed by atoms with Crippen LogP contribution in [0.15, 0.2) is 30.6 Å². The predicted octanol–water partition coefficient (Wildman–Crippen LogP) is 3.26. The lowest BCUT2D eigenvalue weighted by Gasteiger charge is -2.07. The Bertz CT molecular complexity index is 494. The zero-order valence-corrected chi connectivity index (χ0v) is 8.80. The van der Waals surface area contributed by atoms with Crippen molar-refractivity contribution in [3.8, 4) is 11.1 Å². The smallest absolute Gasteiger partial charge is 0.166 e. The minimum Gasteiger partial charge on any atom is -0.397 e. The second kappa shape index (κ2) is 4.06. The van der Waals surface area contributed by atoms with Crippen molar-refractivity contribution in [2.75, 3.05) is 5.73 Å². The Morgan fingerprint density at radius 1 is 1.12 bits per heavy atom. The topological polar surface area (TPSA) is 38.9 Å². The van der Waals surface area contributed by atoms with E-state index in [0.717, 1.165) is 6.07 Å². The standard InChI is InChI=1S/C11H7ClF2N2/c12-8-5-16-4-7(11(8)15)6-2-1-3-9(13)10(6)14/h1-5H,(H2,15,16). The summed E-state index contributed by atoms with van der Waals surface area (Å²) in [4.78, 5) is 3.79. The van der Waals surface area contributed by atoms with Gasteiger partial charge in [0.1, 0.15) is 0 Å². The maximum Gasteiger partial charge on any atom is 0.166 e. The number of rotatable bonds is 1. The number of nitrogens with two attached hydrogens (primary N) is 1. The number of hydrogen-bond acceptors (Lipinski definition) is 2. The fourth-order valence-electron chi connectivity index (χ4n) is 1.37. The van der Waals surface area contributed by atoms with Gasteiger partial charge < -0.3 is 5.73 Å². The van der Waals surface area contributed by atoms with Crippen LogP contribution >= 0.6 is 11.6 Å². The van der Waals surface area contributed by atoms with E-state index in [0.29, 0.717) is 0 Å². The van der Waals surface area contributed by atoms with Crippen molar-refractivity contribution in [1.82, 2.24) is 4.98 Å². The Balaban J connectivity index is 2.68. The number of anilines is 1. The van der Waals surface area contributed by atoms with Crippen molar-refractivity contribution in [3.63, 3.8) is 0 Å². The summed E-state index contributed by atoms with van der Waals surface area (Å²) in [6, 6.07) is 3.85. The number of nitrogens with zero attached hydrogens (tertiary/aromatic N) is 1. The van der Waals surface area contributed by atoms with Crippen molar-refractivity contribution in [2.24, 2.45) is 0 Å². The van der Waals surface area contributed by atoms with E-state index in [4.69, 9.17) is 17.3 Å². The second-order valence-electron chi connectivity index (χ2n) is 3.18. The van der Waals surface area contributed by atoms with Gasteiger partial charge in [-0.05, 0) is 6.07 Å². The zero-order chi connectivity index (χ0) is 11.7. The molecule has 2 aromatic rings. The highest BCUT2D eigenvalue weighted by Gasteiger charge is 2.13. The van der Waals surface area contributed by atoms with Gasteiger partial charge in [0.25, 0.3) is 0 Å². The number of nitrogen functional groups attached to an aromatic ring is 1. The zero-order valence-electron chi connectivity index (χ0n) is 8.05. The molecule has 0 spiro atoms. The van der Waals surface area contributed by atoms with Gasteiger partial charge >= 0.3 is 0 Å². The first-order chi connectivity index (χ1) is 7.61. The molecule has 0 amide bonds. The molecule has 0 saturated carbocycles. The second-order valence-corrected chi connectivity index (χ2v) is 3.59. The van der Waals surface area contributed by atoms with Crippen molar-refractivity contribution < 1.29 is 8.78 Å². The van der Waals surface area contributed by atoms with Crippen molar-refractivity contribution in [3.05, 3.63) is 47.2 Å². The number of benzene rings is 1. The van der Waals surface area contributed by atoms with Gasteiger partial charge in [0.15, 0.2) is 11.6 Å². The lowest BCUT2D eigenvalue weighted by molar-refractivity contribution is 0.511. The van der Waals surface area contributed by atoms with Crippen molar-refractivity contribution in [1.29, 1.82) is 0 Å². The lowest BCUT2D eigenvalue weighted by atomic mass is 10.1. The molecule has 0 aliphatic rings. The van der Waals surface area contributed by atoms with Crippen LogP contribution in [0.1, 0.15) is 0 Å². The van der Waals surface area contributed by atoms with Crippen molar-refractivity contribution >= 4 is 17.3 Å². The predicted molar refractivity (Wildman–Crippen MR) is 59.0 cm³/mol. The summed E-state index contributed by atoms with van der Waals surface area (Å²) in [5, 5.41) is 0.209. The Morgan fingerprint density at radius 2 is 1.88 bits per heavy atom. The third kappa shape index (κ3) is 1.72. The molecule has 1 heterocycles. The van der Waals surface area contributed by atoms with E-state index >= 15 is 0 Å². The van der Waals surface area contributed by atoms with E-state index in [1.165, 1.54) is 24.5 Å². The molecule has 0 aliphatic heterocycles. The van der Waals surface area contributed by atoms with Gasteiger partial charge in [-0.15, -0.1) is 0 Å². The molecule has 2 nitrogen and oxygen atoms in total. The molecule has 0 radical (unpaired) electrons. The molecule has 16 heavy (non-hydrogen) atoms. The van der Waals surface area contributed by atoms with Crippen LogP contribution in [-0.4, -0.2) is 4.98 Å². The number of hydrogen-bond donors (Lipinski definition) is 1. The molecule has 0 unspecified atom stereocenters. The van der Waals surface area contributed by atoms with E-state index in [1.807, 2.05) is 0 Å². The molecular formula is C11H7ClF2N2. The van der Waals surface area contributed by atoms with Crippen LogP contribution in [0.25, 0.3) is 11.1 Å². The van der Waals surface area contributed by atoms with Crippen LogP contribution in [0, 0.1) is 11.6 Å². The first kappa shape index (κ1) is 10.8. The molecule has 2 N–H and O–H groups in total. The van der Waals surface area contributed by atoms with E-state index in [2.05, 4.69) is 4.98 Å². The van der Waals surface area contributed by atoms with Gasteiger partial charge in [0.05, 0.1) is 10.7 Å². The van der Waals surface area contributed by atoms with Gasteiger partial charge in [0, 0.05) is 23.5 Å². The third-order valence-electron chi connectivity index (χ3n) is 2.18. The highest BCUT2D eigenvalue weighted by molar-refractivity contribution is 6.33. The summed E-state index contributed by atoms with van der Waals surface area (Å²) in [5.41, 5.74) is 6.18. The Morgan fingerprint density at radius 3 is 2.62 bits per heavy atom. The van der Waals surface area contributed by atoms with Gasteiger partial charge in [-0.3, -0.25) is 4.98 Å². The molecule has 0 atom stereocenters. The molecule has 0 bridgehead atoms. The van der Waals surface area contributed by atoms with Crippen molar-refractivity contribution in [2.45, 2.75) is 0 Å². The first-order valence-corrected chi connectivity index (χ1v) is 4.82. The van der Waals surface area contributed by atoms with E-state index in [9.17, 15) is 8.78 Å². The van der Waals surface area contributed by atoms with Gasteiger partial charge in [-0.1, -0.05) is 23.7 Å². The normalized spacial score (nSPS) is 10.4. The summed E-state index contributed by atoms with van der Waals surface area (Å²) in [6.07, 6.45) is 2.69. The highest BCUT2D eigenvalue weighted by atomic mass is 35.5. The molecule has 82 valence electrons. The summed E-state index contributed by atoms with van der Waals surface area (Å²) in [5.74, 6) is -1.89. The van der Waals surface area contributed by atoms with Crippen LogP contribution < -0.4 is 5.73 Å². The molecule has 1 aromatic heterocycles. The van der Waals surface area contributed by atoms with Crippen LogP contribution in [-0.2, 0) is 0 Å². The van der Waals surface area contributed by atoms with E-state index < -0.39 is 11.6 Å². The maximum atomic E-state index is 13.5. The fraction of sp³-hybridized carbons (Fsp3) is 0. The van der Waals surface area contributed by atoms with E-state index in [1.54, 1.807) is 0 Å². The average Bonchev–Trinajstić information content (AvgIpc) is 2.27. The quantitative estimate of drug-likeness (QED) is 0.831. The summed E-state index contributed by atoms with van der Waals surface area (Å²) in [7, 11) is 0. The number of aromatic nitrogens is 1. The molecule has 0 saturated heterocycles. The molecular weight excluding hydrogens is 234 g/mol. The van der Waals surface area contributed by atoms with Gasteiger partial charge in [-0.25, -0.2) is 8.78 Å². The monoisotopic (exact) mass is 240 g/mol. The van der Waals surface area contributed by atoms with Crippen LogP contribution in [0.4, 0.5) is 14.5 Å². The summed E-state index contributed by atoms with van der Waals surface area (Å²) < 4.78 is 26.5. The lowest BCUT2D eigenvalue weighted by Crippen LogP contribution is -1.96. The average molecular weight is 241 g/mol. The van der Waals surface area contributed by atoms with Crippen LogP contribution in [0.3, 0.4) is 0 Å². The first-order valence-electron chi connectivity index (χ1n) is 4.44. The molecule has 0 fully saturated rings. The summed E-state index contributed by atoms with van der Waals surface area (Å²) in [6.45, 7) is 0. The minimum atomic E-state index is -0.960. The molecule has 2 rings (SSSR count). The minimum absolute atomic E-state index is 0.0486. The highest BCUT2D eigenvalue weighted by Crippen LogP contribution is 2.32. The van der Waals surface area contributed by atoms with Gasteiger partial charge in [0.2, 0.25) is 0 Å². The fourth-order valence-corrected chi connectivity index (χ4v) is 1.53. The Labute approximate surface area is 95.7 Å². The maximum absolute atomic E-state index is 13.5. The largest absolute Gasteiger partial charge is 0.397 e. The SMILES string of the molecule is Nc1c(Cl)cncc1-c1cccc(F)c1F. The van der Waals surface area contributed by atoms with Crippen LogP contribution in [0.2, 0.25) is 5.02 Å². The third-order valence-corrected chi connectivity index (χ3v) is 2.48.